The fourth-order valence-electron chi connectivity index (χ4n) is 2.23. The van der Waals surface area contributed by atoms with E-state index in [9.17, 15) is 4.39 Å². The van der Waals surface area contributed by atoms with Crippen molar-refractivity contribution in [1.82, 2.24) is 5.32 Å². The van der Waals surface area contributed by atoms with Gasteiger partial charge in [-0.3, -0.25) is 0 Å². The number of nitrogens with one attached hydrogen (secondary N) is 1. The van der Waals surface area contributed by atoms with Crippen LogP contribution in [0, 0.1) is 5.82 Å². The third kappa shape index (κ3) is 4.80. The third-order valence-corrected chi connectivity index (χ3v) is 4.10. The minimum atomic E-state index is -0.179. The molecule has 0 spiro atoms. The second-order valence-electron chi connectivity index (χ2n) is 5.00. The van der Waals surface area contributed by atoms with Crippen molar-refractivity contribution < 1.29 is 4.39 Å². The van der Waals surface area contributed by atoms with Crippen molar-refractivity contribution in [3.63, 3.8) is 0 Å². The minimum absolute atomic E-state index is 0.0814. The van der Waals surface area contributed by atoms with E-state index in [-0.39, 0.29) is 11.9 Å². The molecule has 0 saturated carbocycles. The summed E-state index contributed by atoms with van der Waals surface area (Å²) < 4.78 is 14.8. The van der Waals surface area contributed by atoms with Crippen LogP contribution in [0.25, 0.3) is 0 Å². The molecule has 0 heterocycles. The first kappa shape index (κ1) is 16.5. The van der Waals surface area contributed by atoms with Crippen molar-refractivity contribution in [1.29, 1.82) is 0 Å². The van der Waals surface area contributed by atoms with E-state index in [2.05, 4.69) is 28.2 Å². The molecule has 1 nitrogen and oxygen atoms in total. The van der Waals surface area contributed by atoms with Crippen LogP contribution < -0.4 is 5.32 Å². The Hall–Kier alpha value is -0.900. The summed E-state index contributed by atoms with van der Waals surface area (Å²) in [4.78, 5) is 0. The maximum Gasteiger partial charge on any atom is 0.127 e. The Labute approximate surface area is 138 Å². The standard InChI is InChI=1S/C17H18BrClFN/c1-2-9-21-17(12-4-7-15(19)8-5-12)10-13-3-6-14(18)11-16(13)20/h3-8,11,17,21H,2,9-10H2,1H3. The monoisotopic (exact) mass is 369 g/mol. The van der Waals surface area contributed by atoms with E-state index in [0.29, 0.717) is 17.0 Å². The molecular weight excluding hydrogens is 353 g/mol. The van der Waals surface area contributed by atoms with Gasteiger partial charge >= 0.3 is 0 Å². The van der Waals surface area contributed by atoms with Gasteiger partial charge in [-0.25, -0.2) is 4.39 Å². The van der Waals surface area contributed by atoms with Crippen LogP contribution in [-0.2, 0) is 6.42 Å². The molecule has 1 N–H and O–H groups in total. The predicted octanol–water partition coefficient (Wildman–Crippen LogP) is 5.53. The summed E-state index contributed by atoms with van der Waals surface area (Å²) in [5.41, 5.74) is 1.83. The Kier molecular flexibility index (Phi) is 6.22. The lowest BCUT2D eigenvalue weighted by Crippen LogP contribution is -2.24. The van der Waals surface area contributed by atoms with Gasteiger partial charge in [0.05, 0.1) is 0 Å². The molecule has 0 aliphatic rings. The molecule has 21 heavy (non-hydrogen) atoms. The Morgan fingerprint density at radius 1 is 1.19 bits per heavy atom. The fraction of sp³-hybridized carbons (Fsp3) is 0.294. The molecule has 0 radical (unpaired) electrons. The Morgan fingerprint density at radius 2 is 1.90 bits per heavy atom. The quantitative estimate of drug-likeness (QED) is 0.705. The molecule has 1 atom stereocenters. The molecule has 0 aliphatic carbocycles. The van der Waals surface area contributed by atoms with Crippen molar-refractivity contribution >= 4 is 27.5 Å². The van der Waals surface area contributed by atoms with Crippen LogP contribution in [0.4, 0.5) is 4.39 Å². The smallest absolute Gasteiger partial charge is 0.127 e. The second-order valence-corrected chi connectivity index (χ2v) is 6.35. The first-order valence-electron chi connectivity index (χ1n) is 7.03. The number of hydrogen-bond donors (Lipinski definition) is 1. The highest BCUT2D eigenvalue weighted by Gasteiger charge is 2.14. The normalized spacial score (nSPS) is 12.4. The third-order valence-electron chi connectivity index (χ3n) is 3.35. The Morgan fingerprint density at radius 3 is 2.52 bits per heavy atom. The largest absolute Gasteiger partial charge is 0.310 e. The van der Waals surface area contributed by atoms with Crippen LogP contribution in [-0.4, -0.2) is 6.54 Å². The average Bonchev–Trinajstić information content (AvgIpc) is 2.46. The van der Waals surface area contributed by atoms with Gasteiger partial charge in [-0.2, -0.15) is 0 Å². The predicted molar refractivity (Wildman–Crippen MR) is 90.3 cm³/mol. The van der Waals surface area contributed by atoms with Crippen molar-refractivity contribution in [3.05, 3.63) is 68.9 Å². The highest BCUT2D eigenvalue weighted by atomic mass is 79.9. The zero-order chi connectivity index (χ0) is 15.2. The van der Waals surface area contributed by atoms with Crippen LogP contribution >= 0.6 is 27.5 Å². The van der Waals surface area contributed by atoms with Crippen LogP contribution in [0.15, 0.2) is 46.9 Å². The lowest BCUT2D eigenvalue weighted by Gasteiger charge is -2.19. The van der Waals surface area contributed by atoms with Gasteiger partial charge < -0.3 is 5.32 Å². The van der Waals surface area contributed by atoms with Crippen molar-refractivity contribution in [2.45, 2.75) is 25.8 Å². The first-order chi connectivity index (χ1) is 10.1. The highest BCUT2D eigenvalue weighted by Crippen LogP contribution is 2.23. The molecule has 2 aromatic carbocycles. The van der Waals surface area contributed by atoms with Crippen LogP contribution in [0.2, 0.25) is 5.02 Å². The maximum atomic E-state index is 14.0. The lowest BCUT2D eigenvalue weighted by atomic mass is 9.98. The van der Waals surface area contributed by atoms with E-state index in [1.54, 1.807) is 0 Å². The molecule has 112 valence electrons. The first-order valence-corrected chi connectivity index (χ1v) is 8.20. The second kappa shape index (κ2) is 7.92. The maximum absolute atomic E-state index is 14.0. The van der Waals surface area contributed by atoms with Crippen molar-refractivity contribution in [2.75, 3.05) is 6.54 Å². The van der Waals surface area contributed by atoms with E-state index in [1.807, 2.05) is 36.4 Å². The summed E-state index contributed by atoms with van der Waals surface area (Å²) in [7, 11) is 0. The molecule has 0 aromatic heterocycles. The van der Waals surface area contributed by atoms with Gasteiger partial charge in [-0.05, 0) is 54.8 Å². The summed E-state index contributed by atoms with van der Waals surface area (Å²) in [5.74, 6) is -0.179. The summed E-state index contributed by atoms with van der Waals surface area (Å²) in [5, 5.41) is 4.18. The zero-order valence-electron chi connectivity index (χ0n) is 11.9. The molecular formula is C17H18BrClFN. The fourth-order valence-corrected chi connectivity index (χ4v) is 2.69. The number of hydrogen-bond acceptors (Lipinski definition) is 1. The van der Waals surface area contributed by atoms with Gasteiger partial charge in [0, 0.05) is 15.5 Å². The van der Waals surface area contributed by atoms with E-state index in [1.165, 1.54) is 6.07 Å². The number of benzene rings is 2. The number of halogens is 3. The van der Waals surface area contributed by atoms with E-state index >= 15 is 0 Å². The summed E-state index contributed by atoms with van der Waals surface area (Å²) in [6, 6.07) is 13.0. The molecule has 0 aliphatic heterocycles. The van der Waals surface area contributed by atoms with Crippen molar-refractivity contribution in [2.24, 2.45) is 0 Å². The van der Waals surface area contributed by atoms with E-state index in [4.69, 9.17) is 11.6 Å². The lowest BCUT2D eigenvalue weighted by molar-refractivity contribution is 0.513. The Balaban J connectivity index is 2.21. The summed E-state index contributed by atoms with van der Waals surface area (Å²) in [6.07, 6.45) is 1.65. The van der Waals surface area contributed by atoms with Gasteiger partial charge in [-0.15, -0.1) is 0 Å². The highest BCUT2D eigenvalue weighted by molar-refractivity contribution is 9.10. The molecule has 0 amide bonds. The molecule has 1 unspecified atom stereocenters. The molecule has 0 bridgehead atoms. The Bertz CT molecular complexity index is 586. The van der Waals surface area contributed by atoms with Crippen LogP contribution in [0.1, 0.15) is 30.5 Å². The average molecular weight is 371 g/mol. The molecule has 2 rings (SSSR count). The van der Waals surface area contributed by atoms with E-state index < -0.39 is 0 Å². The minimum Gasteiger partial charge on any atom is -0.310 e. The number of rotatable bonds is 6. The molecule has 2 aromatic rings. The van der Waals surface area contributed by atoms with Gasteiger partial charge in [0.15, 0.2) is 0 Å². The van der Waals surface area contributed by atoms with Gasteiger partial charge in [0.1, 0.15) is 5.82 Å². The summed E-state index contributed by atoms with van der Waals surface area (Å²) in [6.45, 7) is 3.01. The molecule has 4 heteroatoms. The molecule has 0 saturated heterocycles. The van der Waals surface area contributed by atoms with E-state index in [0.717, 1.165) is 23.0 Å². The SMILES string of the molecule is CCCNC(Cc1ccc(Br)cc1F)c1ccc(Cl)cc1. The van der Waals surface area contributed by atoms with Crippen LogP contribution in [0.3, 0.4) is 0 Å². The van der Waals surface area contributed by atoms with Crippen molar-refractivity contribution in [3.8, 4) is 0 Å². The van der Waals surface area contributed by atoms with Gasteiger partial charge in [0.2, 0.25) is 0 Å². The van der Waals surface area contributed by atoms with Gasteiger partial charge in [0.25, 0.3) is 0 Å². The topological polar surface area (TPSA) is 12.0 Å². The van der Waals surface area contributed by atoms with Crippen LogP contribution in [0.5, 0.6) is 0 Å². The molecule has 0 fully saturated rings. The summed E-state index contributed by atoms with van der Waals surface area (Å²) >= 11 is 9.22. The van der Waals surface area contributed by atoms with Gasteiger partial charge in [-0.1, -0.05) is 52.7 Å². The zero-order valence-corrected chi connectivity index (χ0v) is 14.2.